The van der Waals surface area contributed by atoms with E-state index in [0.717, 1.165) is 12.8 Å². The molecule has 1 heterocycles. The smallest absolute Gasteiger partial charge is 0.251 e. The van der Waals surface area contributed by atoms with Crippen molar-refractivity contribution < 1.29 is 19.4 Å². The molecule has 1 fully saturated rings. The highest BCUT2D eigenvalue weighted by molar-refractivity contribution is 5.94. The zero-order valence-electron chi connectivity index (χ0n) is 12.7. The van der Waals surface area contributed by atoms with Gasteiger partial charge in [-0.05, 0) is 31.0 Å². The molecule has 0 radical (unpaired) electrons. The van der Waals surface area contributed by atoms with Gasteiger partial charge in [0.1, 0.15) is 5.75 Å². The highest BCUT2D eigenvalue weighted by atomic mass is 16.5. The van der Waals surface area contributed by atoms with Gasteiger partial charge in [0.15, 0.2) is 0 Å². The minimum atomic E-state index is -0.194. The summed E-state index contributed by atoms with van der Waals surface area (Å²) >= 11 is 0. The molecule has 0 atom stereocenters. The Morgan fingerprint density at radius 1 is 1.36 bits per heavy atom. The number of likely N-dealkylation sites (tertiary alicyclic amines) is 1. The predicted molar refractivity (Wildman–Crippen MR) is 81.7 cm³/mol. The lowest BCUT2D eigenvalue weighted by Crippen LogP contribution is -2.46. The molecule has 0 aliphatic carbocycles. The van der Waals surface area contributed by atoms with E-state index in [2.05, 4.69) is 5.32 Å². The number of nitrogens with one attached hydrogen (secondary N) is 1. The van der Waals surface area contributed by atoms with Gasteiger partial charge in [-0.3, -0.25) is 9.59 Å². The maximum Gasteiger partial charge on any atom is 0.251 e. The van der Waals surface area contributed by atoms with Gasteiger partial charge in [-0.2, -0.15) is 0 Å². The summed E-state index contributed by atoms with van der Waals surface area (Å²) in [6.45, 7) is 1.73. The maximum absolute atomic E-state index is 12.1. The molecule has 0 saturated carbocycles. The van der Waals surface area contributed by atoms with Crippen LogP contribution in [0.1, 0.15) is 29.6 Å². The maximum atomic E-state index is 12.1. The highest BCUT2D eigenvalue weighted by Crippen LogP contribution is 2.14. The molecule has 0 spiro atoms. The van der Waals surface area contributed by atoms with Crippen LogP contribution in [0.25, 0.3) is 0 Å². The minimum absolute atomic E-state index is 0.0568. The van der Waals surface area contributed by atoms with E-state index < -0.39 is 0 Å². The van der Waals surface area contributed by atoms with Gasteiger partial charge in [-0.1, -0.05) is 6.07 Å². The lowest BCUT2D eigenvalue weighted by atomic mass is 10.0. The average Bonchev–Trinajstić information content (AvgIpc) is 2.53. The number of rotatable bonds is 5. The van der Waals surface area contributed by atoms with Crippen LogP contribution in [0.2, 0.25) is 0 Å². The molecular formula is C16H22N2O4. The van der Waals surface area contributed by atoms with Crippen LogP contribution >= 0.6 is 0 Å². The Labute approximate surface area is 130 Å². The largest absolute Gasteiger partial charge is 0.508 e. The van der Waals surface area contributed by atoms with E-state index >= 15 is 0 Å². The van der Waals surface area contributed by atoms with E-state index in [4.69, 9.17) is 4.74 Å². The fourth-order valence-electron chi connectivity index (χ4n) is 2.54. The van der Waals surface area contributed by atoms with Gasteiger partial charge in [0.2, 0.25) is 5.91 Å². The van der Waals surface area contributed by atoms with E-state index in [0.29, 0.717) is 31.7 Å². The SMILES string of the molecule is COCCC(=O)N1CCC(NC(=O)c2cccc(O)c2)CC1. The molecule has 6 heteroatoms. The summed E-state index contributed by atoms with van der Waals surface area (Å²) in [7, 11) is 1.58. The van der Waals surface area contributed by atoms with Crippen molar-refractivity contribution in [3.8, 4) is 5.75 Å². The number of phenolic OH excluding ortho intramolecular Hbond substituents is 1. The summed E-state index contributed by atoms with van der Waals surface area (Å²) in [4.78, 5) is 25.8. The quantitative estimate of drug-likeness (QED) is 0.855. The molecule has 1 saturated heterocycles. The third-order valence-corrected chi connectivity index (χ3v) is 3.81. The van der Waals surface area contributed by atoms with Gasteiger partial charge in [0, 0.05) is 31.8 Å². The highest BCUT2D eigenvalue weighted by Gasteiger charge is 2.23. The van der Waals surface area contributed by atoms with E-state index in [-0.39, 0.29) is 23.6 Å². The monoisotopic (exact) mass is 306 g/mol. The minimum Gasteiger partial charge on any atom is -0.508 e. The van der Waals surface area contributed by atoms with Crippen LogP contribution in [0.4, 0.5) is 0 Å². The molecule has 1 aliphatic rings. The molecule has 22 heavy (non-hydrogen) atoms. The van der Waals surface area contributed by atoms with Crippen molar-refractivity contribution in [3.05, 3.63) is 29.8 Å². The third-order valence-electron chi connectivity index (χ3n) is 3.81. The number of piperidine rings is 1. The lowest BCUT2D eigenvalue weighted by molar-refractivity contribution is -0.133. The van der Waals surface area contributed by atoms with Crippen molar-refractivity contribution in [1.29, 1.82) is 0 Å². The summed E-state index contributed by atoms with van der Waals surface area (Å²) < 4.78 is 4.91. The van der Waals surface area contributed by atoms with E-state index in [1.54, 1.807) is 19.2 Å². The molecule has 2 amide bonds. The first kappa shape index (κ1) is 16.3. The topological polar surface area (TPSA) is 78.9 Å². The second kappa shape index (κ2) is 7.79. The van der Waals surface area contributed by atoms with E-state index in [1.807, 2.05) is 4.90 Å². The molecule has 2 rings (SSSR count). The summed E-state index contributed by atoms with van der Waals surface area (Å²) in [6, 6.07) is 6.33. The average molecular weight is 306 g/mol. The first-order valence-electron chi connectivity index (χ1n) is 7.46. The second-order valence-corrected chi connectivity index (χ2v) is 5.42. The zero-order valence-corrected chi connectivity index (χ0v) is 12.7. The Morgan fingerprint density at radius 2 is 2.09 bits per heavy atom. The Bertz CT molecular complexity index is 525. The Balaban J connectivity index is 1.80. The van der Waals surface area contributed by atoms with Gasteiger partial charge < -0.3 is 20.1 Å². The number of hydrogen-bond acceptors (Lipinski definition) is 4. The van der Waals surface area contributed by atoms with Gasteiger partial charge in [-0.25, -0.2) is 0 Å². The lowest BCUT2D eigenvalue weighted by Gasteiger charge is -2.32. The number of ether oxygens (including phenoxy) is 1. The Morgan fingerprint density at radius 3 is 2.73 bits per heavy atom. The van der Waals surface area contributed by atoms with Crippen LogP contribution in [0.5, 0.6) is 5.75 Å². The number of methoxy groups -OCH3 is 1. The van der Waals surface area contributed by atoms with Crippen LogP contribution in [0, 0.1) is 0 Å². The number of amides is 2. The second-order valence-electron chi connectivity index (χ2n) is 5.42. The van der Waals surface area contributed by atoms with E-state index in [1.165, 1.54) is 12.1 Å². The number of carbonyl (C=O) groups excluding carboxylic acids is 2. The van der Waals surface area contributed by atoms with E-state index in [9.17, 15) is 14.7 Å². The molecule has 0 aromatic heterocycles. The van der Waals surface area contributed by atoms with Crippen LogP contribution in [-0.4, -0.2) is 54.7 Å². The van der Waals surface area contributed by atoms with Gasteiger partial charge in [0.25, 0.3) is 5.91 Å². The number of benzene rings is 1. The molecule has 2 N–H and O–H groups in total. The molecule has 6 nitrogen and oxygen atoms in total. The Kier molecular flexibility index (Phi) is 5.77. The molecule has 120 valence electrons. The van der Waals surface area contributed by atoms with Crippen LogP contribution in [0.15, 0.2) is 24.3 Å². The van der Waals surface area contributed by atoms with Gasteiger partial charge in [-0.15, -0.1) is 0 Å². The Hall–Kier alpha value is -2.08. The van der Waals surface area contributed by atoms with Crippen molar-refractivity contribution in [2.45, 2.75) is 25.3 Å². The number of carbonyl (C=O) groups is 2. The molecule has 1 aromatic rings. The van der Waals surface area contributed by atoms with Crippen molar-refractivity contribution in [2.24, 2.45) is 0 Å². The normalized spacial score (nSPS) is 15.6. The number of aromatic hydroxyl groups is 1. The van der Waals surface area contributed by atoms with Gasteiger partial charge in [0.05, 0.1) is 13.0 Å². The fraction of sp³-hybridized carbons (Fsp3) is 0.500. The van der Waals surface area contributed by atoms with Crippen LogP contribution in [0.3, 0.4) is 0 Å². The van der Waals surface area contributed by atoms with Crippen molar-refractivity contribution in [2.75, 3.05) is 26.8 Å². The van der Waals surface area contributed by atoms with Gasteiger partial charge >= 0.3 is 0 Å². The predicted octanol–water partition coefficient (Wildman–Crippen LogP) is 1.15. The number of phenols is 1. The molecule has 0 unspecified atom stereocenters. The summed E-state index contributed by atoms with van der Waals surface area (Å²) in [5.74, 6) is -0.0223. The molecular weight excluding hydrogens is 284 g/mol. The summed E-state index contributed by atoms with van der Waals surface area (Å²) in [6.07, 6.45) is 1.88. The van der Waals surface area contributed by atoms with Crippen LogP contribution in [-0.2, 0) is 9.53 Å². The molecule has 1 aliphatic heterocycles. The molecule has 0 bridgehead atoms. The summed E-state index contributed by atoms with van der Waals surface area (Å²) in [5.41, 5.74) is 0.443. The van der Waals surface area contributed by atoms with Crippen molar-refractivity contribution >= 4 is 11.8 Å². The van der Waals surface area contributed by atoms with Crippen molar-refractivity contribution in [3.63, 3.8) is 0 Å². The van der Waals surface area contributed by atoms with Crippen LogP contribution < -0.4 is 5.32 Å². The number of hydrogen-bond donors (Lipinski definition) is 2. The fourth-order valence-corrected chi connectivity index (χ4v) is 2.54. The summed E-state index contributed by atoms with van der Waals surface area (Å²) in [5, 5.41) is 12.4. The third kappa shape index (κ3) is 4.46. The number of nitrogens with zero attached hydrogens (tertiary/aromatic N) is 1. The standard InChI is InChI=1S/C16H22N2O4/c1-22-10-7-15(20)18-8-5-13(6-9-18)17-16(21)12-3-2-4-14(19)11-12/h2-4,11,13,19H,5-10H2,1H3,(H,17,21). The zero-order chi connectivity index (χ0) is 15.9. The van der Waals surface area contributed by atoms with Crippen molar-refractivity contribution in [1.82, 2.24) is 10.2 Å². The molecule has 1 aromatic carbocycles. The first-order chi connectivity index (χ1) is 10.6. The first-order valence-corrected chi connectivity index (χ1v) is 7.46.